The molecule has 4 aromatic heterocycles. The third-order valence-corrected chi connectivity index (χ3v) is 26.3. The molecule has 0 N–H and O–H groups in total. The highest BCUT2D eigenvalue weighted by atomic mass is 16.3. The van der Waals surface area contributed by atoms with E-state index in [2.05, 4.69) is 309 Å². The van der Waals surface area contributed by atoms with E-state index < -0.39 is 0 Å². The van der Waals surface area contributed by atoms with Crippen LogP contribution in [0.4, 0.5) is 0 Å². The number of hydrogen-bond donors (Lipinski definition) is 0. The lowest BCUT2D eigenvalue weighted by atomic mass is 9.68. The molecule has 122 heavy (non-hydrogen) atoms. The van der Waals surface area contributed by atoms with Crippen molar-refractivity contribution in [2.45, 2.75) is 75.0 Å². The molecule has 4 heterocycles. The number of nitrogens with zero attached hydrogens (tertiary/aromatic N) is 6. The quantitative estimate of drug-likeness (QED) is 0.119. The Balaban J connectivity index is 0.000000142. The zero-order valence-electron chi connectivity index (χ0n) is 67.4. The molecule has 2 spiro atoms. The van der Waals surface area contributed by atoms with Crippen molar-refractivity contribution in [1.29, 1.82) is 0 Å². The van der Waals surface area contributed by atoms with Crippen LogP contribution in [0.3, 0.4) is 0 Å². The molecule has 4 aliphatic rings. The molecule has 0 amide bonds. The van der Waals surface area contributed by atoms with Gasteiger partial charge >= 0.3 is 0 Å². The maximum absolute atomic E-state index is 6.31. The zero-order valence-corrected chi connectivity index (χ0v) is 67.4. The van der Waals surface area contributed by atoms with Crippen molar-refractivity contribution in [3.63, 3.8) is 0 Å². The van der Waals surface area contributed by atoms with Gasteiger partial charge in [0, 0.05) is 65.8 Å². The highest BCUT2D eigenvalue weighted by molar-refractivity contribution is 6.07. The van der Waals surface area contributed by atoms with Gasteiger partial charge in [-0.25, -0.2) is 29.9 Å². The molecule has 0 saturated heterocycles. The third kappa shape index (κ3) is 12.9. The number of furan rings is 2. The minimum atomic E-state index is 0.157. The maximum atomic E-state index is 6.31. The van der Waals surface area contributed by atoms with E-state index in [1.54, 1.807) is 0 Å². The highest BCUT2D eigenvalue weighted by Gasteiger charge is 2.45. The second-order valence-corrected chi connectivity index (χ2v) is 33.3. The van der Waals surface area contributed by atoms with Gasteiger partial charge in [0.25, 0.3) is 0 Å². The lowest BCUT2D eigenvalue weighted by Gasteiger charge is -2.36. The molecule has 0 bridgehead atoms. The van der Waals surface area contributed by atoms with Gasteiger partial charge in [-0.1, -0.05) is 330 Å². The lowest BCUT2D eigenvalue weighted by molar-refractivity contribution is 0.353. The minimum Gasteiger partial charge on any atom is -0.456 e. The van der Waals surface area contributed by atoms with Gasteiger partial charge in [-0.15, -0.1) is 0 Å². The van der Waals surface area contributed by atoms with Gasteiger partial charge in [0.05, 0.1) is 0 Å². The summed E-state index contributed by atoms with van der Waals surface area (Å²) in [7, 11) is 0. The highest BCUT2D eigenvalue weighted by Crippen LogP contribution is 2.58. The monoisotopic (exact) mass is 1570 g/mol. The summed E-state index contributed by atoms with van der Waals surface area (Å²) >= 11 is 0. The van der Waals surface area contributed by atoms with Crippen LogP contribution in [0.25, 0.3) is 201 Å². The molecule has 24 rings (SSSR count). The van der Waals surface area contributed by atoms with Crippen molar-refractivity contribution >= 4 is 43.9 Å². The van der Waals surface area contributed by atoms with Crippen LogP contribution < -0.4 is 0 Å². The van der Waals surface area contributed by atoms with E-state index >= 15 is 0 Å². The second-order valence-electron chi connectivity index (χ2n) is 33.3. The SMILES string of the molecule is c1ccc(-c2ccc(-c3nc(-c4cccc(-c5cccc(-c6ccc7c(c6)-c6ccccc6C76CCCCC6)c5)c4)nc(-c4ccc5oc6ccccc6c5c4)n3)cc2)cc1.c1ccc(-c2cccc(-c3nc(-c4cccc(-c5cccc(-c6ccc7c(c6)-c6ccccc6C76CCCCC6)c5)c4)nc(-c4ccc5c(c4)oc4ccccc45)n3)c2)cc1. The number of rotatable bonds is 12. The predicted octanol–water partition coefficient (Wildman–Crippen LogP) is 30.0. The standard InChI is InChI=1S/2C57H41N3O/c1-3-14-37(15-4-1)38-16-12-20-43(33-38)54-58-55(60-56(59-54)45-26-28-48-47-23-6-8-25-52(47)61-53(48)36-45)44-21-13-19-41(34-44)39-17-11-18-40(32-39)42-27-29-51-49(35-42)46-22-5-7-24-50(46)57(51)30-9-2-10-31-57;1-3-13-37(14-4-1)38-23-25-39(26-24-38)54-58-55(60-56(59-54)45-28-30-53-49(36-45)47-20-6-8-22-52(47)61-53)44-18-12-17-42(34-44)40-15-11-16-41(33-40)43-27-29-51-48(35-43)46-19-5-7-21-50(46)57(51)31-9-2-10-32-57/h1,3-8,11-29,32-36H,2,9-10,30-31H2;1,3-8,11-30,33-36H,2,9-10,31-32H2. The van der Waals surface area contributed by atoms with Crippen LogP contribution in [0.5, 0.6) is 0 Å². The molecule has 8 nitrogen and oxygen atoms in total. The molecule has 4 aliphatic carbocycles. The average Bonchev–Trinajstić information content (AvgIpc) is 1.56. The van der Waals surface area contributed by atoms with E-state index in [-0.39, 0.29) is 10.8 Å². The van der Waals surface area contributed by atoms with Crippen LogP contribution in [0.2, 0.25) is 0 Å². The zero-order chi connectivity index (χ0) is 80.7. The summed E-state index contributed by atoms with van der Waals surface area (Å²) < 4.78 is 12.5. The second kappa shape index (κ2) is 30.2. The summed E-state index contributed by atoms with van der Waals surface area (Å²) in [5.41, 5.74) is 34.8. The molecule has 0 unspecified atom stereocenters. The maximum Gasteiger partial charge on any atom is 0.164 e. The first-order chi connectivity index (χ1) is 60.3. The Morgan fingerprint density at radius 2 is 0.443 bits per heavy atom. The van der Waals surface area contributed by atoms with Crippen molar-refractivity contribution in [3.8, 4) is 157 Å². The fourth-order valence-electron chi connectivity index (χ4n) is 20.3. The Morgan fingerprint density at radius 3 is 0.910 bits per heavy atom. The smallest absolute Gasteiger partial charge is 0.164 e. The van der Waals surface area contributed by atoms with E-state index in [1.165, 1.54) is 137 Å². The van der Waals surface area contributed by atoms with Crippen molar-refractivity contribution < 1.29 is 8.83 Å². The van der Waals surface area contributed by atoms with Gasteiger partial charge in [0.15, 0.2) is 34.9 Å². The molecule has 20 aromatic rings. The van der Waals surface area contributed by atoms with Crippen LogP contribution in [0.15, 0.2) is 385 Å². The van der Waals surface area contributed by atoms with Gasteiger partial charge in [0.2, 0.25) is 0 Å². The summed E-state index contributed by atoms with van der Waals surface area (Å²) in [6.07, 6.45) is 12.8. The van der Waals surface area contributed by atoms with Crippen LogP contribution in [-0.2, 0) is 10.8 Å². The Bertz CT molecular complexity index is 7470. The van der Waals surface area contributed by atoms with Crippen LogP contribution >= 0.6 is 0 Å². The number of para-hydroxylation sites is 2. The van der Waals surface area contributed by atoms with Gasteiger partial charge in [-0.05, 0) is 222 Å². The summed E-state index contributed by atoms with van der Waals surface area (Å²) in [5, 5.41) is 4.26. The van der Waals surface area contributed by atoms with E-state index in [4.69, 9.17) is 38.7 Å². The van der Waals surface area contributed by atoms with Crippen molar-refractivity contribution in [3.05, 3.63) is 398 Å². The molecule has 580 valence electrons. The van der Waals surface area contributed by atoms with E-state index in [1.807, 2.05) is 66.7 Å². The Labute approximate surface area is 708 Å². The Kier molecular flexibility index (Phi) is 17.9. The summed E-state index contributed by atoms with van der Waals surface area (Å²) in [4.78, 5) is 30.9. The van der Waals surface area contributed by atoms with Crippen LogP contribution in [0.1, 0.15) is 86.5 Å². The molecule has 2 saturated carbocycles. The van der Waals surface area contributed by atoms with E-state index in [0.29, 0.717) is 34.9 Å². The largest absolute Gasteiger partial charge is 0.456 e. The molecular formula is C114H82N6O2. The summed E-state index contributed by atoms with van der Waals surface area (Å²) in [6, 6.07) is 134. The number of aromatic nitrogens is 6. The average molecular weight is 1570 g/mol. The topological polar surface area (TPSA) is 104 Å². The van der Waals surface area contributed by atoms with E-state index in [0.717, 1.165) is 116 Å². The fourth-order valence-corrected chi connectivity index (χ4v) is 20.3. The molecule has 0 aliphatic heterocycles. The van der Waals surface area contributed by atoms with Gasteiger partial charge in [-0.3, -0.25) is 0 Å². The first-order valence-corrected chi connectivity index (χ1v) is 42.9. The van der Waals surface area contributed by atoms with Crippen LogP contribution in [-0.4, -0.2) is 29.9 Å². The molecule has 16 aromatic carbocycles. The van der Waals surface area contributed by atoms with Crippen molar-refractivity contribution in [2.24, 2.45) is 0 Å². The normalized spacial score (nSPS) is 14.0. The molecular weight excluding hydrogens is 1490 g/mol. The summed E-state index contributed by atoms with van der Waals surface area (Å²) in [5.74, 6) is 3.67. The van der Waals surface area contributed by atoms with Gasteiger partial charge in [0.1, 0.15) is 22.3 Å². The molecule has 0 radical (unpaired) electrons. The third-order valence-electron chi connectivity index (χ3n) is 26.3. The van der Waals surface area contributed by atoms with Gasteiger partial charge in [-0.2, -0.15) is 0 Å². The number of fused-ring (bicyclic) bond motifs is 16. The van der Waals surface area contributed by atoms with Crippen molar-refractivity contribution in [2.75, 3.05) is 0 Å². The van der Waals surface area contributed by atoms with Gasteiger partial charge < -0.3 is 8.83 Å². The van der Waals surface area contributed by atoms with E-state index in [9.17, 15) is 0 Å². The summed E-state index contributed by atoms with van der Waals surface area (Å²) in [6.45, 7) is 0. The fraction of sp³-hybridized carbons (Fsp3) is 0.105. The first kappa shape index (κ1) is 72.4. The predicted molar refractivity (Wildman–Crippen MR) is 498 cm³/mol. The minimum absolute atomic E-state index is 0.157. The number of hydrogen-bond acceptors (Lipinski definition) is 8. The number of benzene rings is 16. The van der Waals surface area contributed by atoms with Crippen molar-refractivity contribution in [1.82, 2.24) is 29.9 Å². The van der Waals surface area contributed by atoms with Crippen LogP contribution in [0, 0.1) is 0 Å². The molecule has 2 fully saturated rings. The molecule has 8 heteroatoms. The lowest BCUT2D eigenvalue weighted by Crippen LogP contribution is -2.27. The molecule has 0 atom stereocenters. The first-order valence-electron chi connectivity index (χ1n) is 42.9. The Morgan fingerprint density at radius 1 is 0.164 bits per heavy atom. The Hall–Kier alpha value is -14.9.